The molecule has 0 saturated heterocycles. The van der Waals surface area contributed by atoms with E-state index in [0.29, 0.717) is 0 Å². The zero-order valence-electron chi connectivity index (χ0n) is 12.0. The number of ether oxygens (including phenoxy) is 2. The number of carbonyl (C=O) groups excluding carboxylic acids is 2. The largest absolute Gasteiger partial charge is 0.491 e. The van der Waals surface area contributed by atoms with Crippen LogP contribution in [0.2, 0.25) is 0 Å². The van der Waals surface area contributed by atoms with E-state index in [1.807, 2.05) is 0 Å². The first-order chi connectivity index (χ1) is 9.74. The van der Waals surface area contributed by atoms with Crippen molar-refractivity contribution in [2.45, 2.75) is 17.9 Å². The highest BCUT2D eigenvalue weighted by atomic mass is 32.2. The monoisotopic (exact) mass is 315 g/mol. The average Bonchev–Trinajstić information content (AvgIpc) is 2.41. The van der Waals surface area contributed by atoms with E-state index in [9.17, 15) is 18.0 Å². The predicted octanol–water partition coefficient (Wildman–Crippen LogP) is 0.147. The molecule has 7 nitrogen and oxygen atoms in total. The Bertz CT molecular complexity index is 625. The molecule has 1 aromatic carbocycles. The third-order valence-corrected chi connectivity index (χ3v) is 3.62. The minimum atomic E-state index is -3.35. The summed E-state index contributed by atoms with van der Waals surface area (Å²) < 4.78 is 32.8. The van der Waals surface area contributed by atoms with Crippen LogP contribution < -0.4 is 10.1 Å². The fraction of sp³-hybridized carbons (Fsp3) is 0.385. The topological polar surface area (TPSA) is 98.8 Å². The molecule has 1 aromatic rings. The van der Waals surface area contributed by atoms with Crippen molar-refractivity contribution in [3.05, 3.63) is 24.3 Å². The van der Waals surface area contributed by atoms with E-state index in [0.717, 1.165) is 6.26 Å². The van der Waals surface area contributed by atoms with Crippen LogP contribution in [0, 0.1) is 0 Å². The maximum absolute atomic E-state index is 11.5. The number of hydrogen-bond acceptors (Lipinski definition) is 6. The lowest BCUT2D eigenvalue weighted by Gasteiger charge is -2.16. The SMILES string of the molecule is COC(=O)C(COc1cccc(S(C)(=O)=O)c1)NC(C)=O. The normalized spacial score (nSPS) is 12.3. The second kappa shape index (κ2) is 7.07. The smallest absolute Gasteiger partial charge is 0.331 e. The zero-order chi connectivity index (χ0) is 16.0. The third kappa shape index (κ3) is 5.42. The number of benzene rings is 1. The van der Waals surface area contributed by atoms with Crippen LogP contribution in [-0.2, 0) is 24.2 Å². The summed E-state index contributed by atoms with van der Waals surface area (Å²) in [6.07, 6.45) is 1.08. The van der Waals surface area contributed by atoms with Crippen molar-refractivity contribution in [2.75, 3.05) is 20.0 Å². The summed E-state index contributed by atoms with van der Waals surface area (Å²) in [4.78, 5) is 22.6. The molecule has 0 saturated carbocycles. The van der Waals surface area contributed by atoms with E-state index in [4.69, 9.17) is 4.74 Å². The molecule has 21 heavy (non-hydrogen) atoms. The Labute approximate surface area is 123 Å². The number of nitrogens with one attached hydrogen (secondary N) is 1. The van der Waals surface area contributed by atoms with Gasteiger partial charge in [-0.25, -0.2) is 13.2 Å². The molecule has 0 radical (unpaired) electrons. The summed E-state index contributed by atoms with van der Waals surface area (Å²) in [7, 11) is -2.15. The van der Waals surface area contributed by atoms with Crippen LogP contribution in [0.3, 0.4) is 0 Å². The Balaban J connectivity index is 2.80. The molecule has 0 aliphatic heterocycles. The predicted molar refractivity (Wildman–Crippen MR) is 74.7 cm³/mol. The van der Waals surface area contributed by atoms with Gasteiger partial charge in [-0.15, -0.1) is 0 Å². The Morgan fingerprint density at radius 1 is 1.33 bits per heavy atom. The lowest BCUT2D eigenvalue weighted by atomic mass is 10.3. The van der Waals surface area contributed by atoms with Gasteiger partial charge in [-0.2, -0.15) is 0 Å². The second-order valence-corrected chi connectivity index (χ2v) is 6.35. The van der Waals surface area contributed by atoms with Crippen molar-refractivity contribution in [1.82, 2.24) is 5.32 Å². The van der Waals surface area contributed by atoms with Crippen LogP contribution in [-0.4, -0.2) is 46.3 Å². The second-order valence-electron chi connectivity index (χ2n) is 4.33. The van der Waals surface area contributed by atoms with Gasteiger partial charge < -0.3 is 14.8 Å². The first-order valence-corrected chi connectivity index (χ1v) is 7.91. The van der Waals surface area contributed by atoms with Crippen LogP contribution in [0.5, 0.6) is 5.75 Å². The van der Waals surface area contributed by atoms with Gasteiger partial charge in [0.05, 0.1) is 12.0 Å². The fourth-order valence-electron chi connectivity index (χ4n) is 1.53. The highest BCUT2D eigenvalue weighted by molar-refractivity contribution is 7.90. The minimum Gasteiger partial charge on any atom is -0.491 e. The van der Waals surface area contributed by atoms with Gasteiger partial charge in [-0.1, -0.05) is 6.07 Å². The highest BCUT2D eigenvalue weighted by Gasteiger charge is 2.21. The summed E-state index contributed by atoms with van der Waals surface area (Å²) in [6.45, 7) is 1.10. The van der Waals surface area contributed by atoms with Crippen molar-refractivity contribution in [3.8, 4) is 5.75 Å². The minimum absolute atomic E-state index is 0.106. The molecular formula is C13H17NO6S. The molecule has 1 unspecified atom stereocenters. The quantitative estimate of drug-likeness (QED) is 0.750. The highest BCUT2D eigenvalue weighted by Crippen LogP contribution is 2.17. The standard InChI is InChI=1S/C13H17NO6S/c1-9(15)14-12(13(16)19-2)8-20-10-5-4-6-11(7-10)21(3,17)18/h4-7,12H,8H2,1-3H3,(H,14,15). The van der Waals surface area contributed by atoms with E-state index >= 15 is 0 Å². The number of carbonyl (C=O) groups is 2. The molecule has 1 atom stereocenters. The van der Waals surface area contributed by atoms with Crippen molar-refractivity contribution < 1.29 is 27.5 Å². The molecule has 0 spiro atoms. The Hall–Kier alpha value is -2.09. The summed E-state index contributed by atoms with van der Waals surface area (Å²) in [6, 6.07) is 4.90. The number of methoxy groups -OCH3 is 1. The fourth-order valence-corrected chi connectivity index (χ4v) is 2.19. The molecule has 0 bridgehead atoms. The van der Waals surface area contributed by atoms with Gasteiger partial charge in [0, 0.05) is 13.2 Å². The van der Waals surface area contributed by atoms with Crippen molar-refractivity contribution in [1.29, 1.82) is 0 Å². The van der Waals surface area contributed by atoms with E-state index < -0.39 is 27.8 Å². The zero-order valence-corrected chi connectivity index (χ0v) is 12.8. The van der Waals surface area contributed by atoms with E-state index in [1.54, 1.807) is 6.07 Å². The van der Waals surface area contributed by atoms with Crippen molar-refractivity contribution in [2.24, 2.45) is 0 Å². The number of sulfone groups is 1. The van der Waals surface area contributed by atoms with Crippen LogP contribution in [0.4, 0.5) is 0 Å². The summed E-state index contributed by atoms with van der Waals surface area (Å²) in [5.74, 6) is -0.777. The van der Waals surface area contributed by atoms with Gasteiger partial charge in [0.25, 0.3) is 0 Å². The van der Waals surface area contributed by atoms with E-state index in [2.05, 4.69) is 10.1 Å². The Morgan fingerprint density at radius 2 is 2.00 bits per heavy atom. The summed E-state index contributed by atoms with van der Waals surface area (Å²) >= 11 is 0. The van der Waals surface area contributed by atoms with Crippen molar-refractivity contribution in [3.63, 3.8) is 0 Å². The molecular weight excluding hydrogens is 298 g/mol. The molecule has 0 fully saturated rings. The molecule has 1 rings (SSSR count). The average molecular weight is 315 g/mol. The van der Waals surface area contributed by atoms with Gasteiger partial charge in [0.1, 0.15) is 12.4 Å². The number of hydrogen-bond donors (Lipinski definition) is 1. The van der Waals surface area contributed by atoms with E-state index in [-0.39, 0.29) is 17.3 Å². The van der Waals surface area contributed by atoms with Gasteiger partial charge in [0.2, 0.25) is 5.91 Å². The van der Waals surface area contributed by atoms with Gasteiger partial charge in [-0.05, 0) is 18.2 Å². The summed E-state index contributed by atoms with van der Waals surface area (Å²) in [5, 5.41) is 2.39. The lowest BCUT2D eigenvalue weighted by molar-refractivity contribution is -0.145. The Morgan fingerprint density at radius 3 is 2.52 bits per heavy atom. The van der Waals surface area contributed by atoms with Gasteiger partial charge >= 0.3 is 5.97 Å². The van der Waals surface area contributed by atoms with Crippen LogP contribution in [0.15, 0.2) is 29.2 Å². The van der Waals surface area contributed by atoms with Crippen LogP contribution >= 0.6 is 0 Å². The molecule has 0 heterocycles. The molecule has 116 valence electrons. The van der Waals surface area contributed by atoms with Gasteiger partial charge in [0.15, 0.2) is 15.9 Å². The maximum atomic E-state index is 11.5. The molecule has 8 heteroatoms. The Kier molecular flexibility index (Phi) is 5.71. The number of amides is 1. The summed E-state index contributed by atoms with van der Waals surface area (Å²) in [5.41, 5.74) is 0. The van der Waals surface area contributed by atoms with Gasteiger partial charge in [-0.3, -0.25) is 4.79 Å². The lowest BCUT2D eigenvalue weighted by Crippen LogP contribution is -2.44. The number of rotatable bonds is 6. The van der Waals surface area contributed by atoms with E-state index in [1.165, 1.54) is 32.2 Å². The van der Waals surface area contributed by atoms with Crippen molar-refractivity contribution >= 4 is 21.7 Å². The molecule has 0 aromatic heterocycles. The molecule has 0 aliphatic rings. The molecule has 1 amide bonds. The molecule has 0 aliphatic carbocycles. The van der Waals surface area contributed by atoms with Crippen LogP contribution in [0.1, 0.15) is 6.92 Å². The first-order valence-electron chi connectivity index (χ1n) is 6.02. The number of esters is 1. The molecule has 1 N–H and O–H groups in total. The maximum Gasteiger partial charge on any atom is 0.331 e. The van der Waals surface area contributed by atoms with Crippen LogP contribution in [0.25, 0.3) is 0 Å². The third-order valence-electron chi connectivity index (χ3n) is 2.51. The first kappa shape index (κ1) is 17.0.